The molecule has 1 saturated carbocycles. The van der Waals surface area contributed by atoms with E-state index in [1.165, 1.54) is 29.2 Å². The molecule has 2 N–H and O–H groups in total. The van der Waals surface area contributed by atoms with Crippen LogP contribution < -0.4 is 4.74 Å². The van der Waals surface area contributed by atoms with Crippen molar-refractivity contribution < 1.29 is 32.9 Å². The van der Waals surface area contributed by atoms with E-state index >= 15 is 0 Å². The van der Waals surface area contributed by atoms with E-state index in [0.29, 0.717) is 38.0 Å². The number of alkyl halides is 3. The third-order valence-corrected chi connectivity index (χ3v) is 10.8. The Morgan fingerprint density at radius 3 is 2.70 bits per heavy atom. The quantitative estimate of drug-likeness (QED) is 0.362. The van der Waals surface area contributed by atoms with Crippen LogP contribution in [0.3, 0.4) is 0 Å². The lowest BCUT2D eigenvalue weighted by Gasteiger charge is -2.65. The summed E-state index contributed by atoms with van der Waals surface area (Å²) in [4.78, 5) is 17.2. The van der Waals surface area contributed by atoms with Gasteiger partial charge in [-0.3, -0.25) is 9.69 Å². The molecule has 7 rings (SSSR count). The molecule has 0 radical (unpaired) electrons. The predicted octanol–water partition coefficient (Wildman–Crippen LogP) is 5.24. The van der Waals surface area contributed by atoms with E-state index in [-0.39, 0.29) is 23.8 Å². The molecule has 2 aliphatic heterocycles. The van der Waals surface area contributed by atoms with Gasteiger partial charge in [-0.1, -0.05) is 48.5 Å². The number of hydrogen-bond donors (Lipinski definition) is 2. The van der Waals surface area contributed by atoms with Crippen LogP contribution >= 0.6 is 0 Å². The van der Waals surface area contributed by atoms with Gasteiger partial charge in [0.1, 0.15) is 6.10 Å². The first-order valence-electron chi connectivity index (χ1n) is 15.5. The lowest BCUT2D eigenvalue weighted by Crippen LogP contribution is -2.79. The van der Waals surface area contributed by atoms with Gasteiger partial charge in [0.2, 0.25) is 5.91 Å². The minimum atomic E-state index is -4.50. The van der Waals surface area contributed by atoms with E-state index in [1.54, 1.807) is 13.1 Å². The van der Waals surface area contributed by atoms with Crippen LogP contribution in [0.4, 0.5) is 13.2 Å². The van der Waals surface area contributed by atoms with Crippen molar-refractivity contribution in [1.82, 2.24) is 9.80 Å². The molecule has 46 heavy (non-hydrogen) atoms. The van der Waals surface area contributed by atoms with Crippen LogP contribution in [-0.4, -0.2) is 69.3 Å². The van der Waals surface area contributed by atoms with Crippen molar-refractivity contribution in [1.29, 1.82) is 5.26 Å². The molecule has 3 aromatic carbocycles. The number of ether oxygens (including phenoxy) is 1. The molecular weight excluding hydrogens is 595 g/mol. The fourth-order valence-corrected chi connectivity index (χ4v) is 8.64. The second kappa shape index (κ2) is 10.9. The van der Waals surface area contributed by atoms with Gasteiger partial charge in [0, 0.05) is 31.3 Å². The average molecular weight is 630 g/mol. The highest BCUT2D eigenvalue weighted by atomic mass is 19.4. The summed E-state index contributed by atoms with van der Waals surface area (Å²) in [5, 5.41) is 34.3. The number of phenols is 1. The van der Waals surface area contributed by atoms with Crippen molar-refractivity contribution in [2.24, 2.45) is 0 Å². The number of likely N-dealkylation sites (N-methyl/N-ethyl adjacent to an activating group) is 1. The first-order valence-corrected chi connectivity index (χ1v) is 15.5. The second-order valence-electron chi connectivity index (χ2n) is 12.9. The van der Waals surface area contributed by atoms with Crippen LogP contribution in [0.15, 0.2) is 72.8 Å². The Kier molecular flexibility index (Phi) is 7.18. The monoisotopic (exact) mass is 629 g/mol. The van der Waals surface area contributed by atoms with Gasteiger partial charge >= 0.3 is 6.18 Å². The molecule has 1 saturated heterocycles. The number of aromatic hydroxyl groups is 1. The summed E-state index contributed by atoms with van der Waals surface area (Å²) in [6.45, 7) is 0.583. The number of halogens is 3. The molecule has 2 bridgehead atoms. The van der Waals surface area contributed by atoms with Gasteiger partial charge in [-0.15, -0.1) is 0 Å². The highest BCUT2D eigenvalue weighted by Crippen LogP contribution is 2.66. The molecule has 2 heterocycles. The van der Waals surface area contributed by atoms with Crippen molar-refractivity contribution in [3.63, 3.8) is 0 Å². The molecule has 1 amide bonds. The number of piperidine rings is 1. The van der Waals surface area contributed by atoms with Crippen LogP contribution in [0.5, 0.6) is 11.5 Å². The number of phenolic OH excluding ortho intramolecular Hbond substituents is 1. The number of aliphatic hydroxyl groups is 1. The SMILES string of the molecule is CN(C(=O)C=Cc1cccc(C(F)(F)F)c1)[C@@H]1CC[C@@]2(O)[C@H]3Cc4ccc(O)c5c4[C@@]2(CC(C#N)N3CCc2ccccc2)[C@H]1O5. The largest absolute Gasteiger partial charge is 0.504 e. The fourth-order valence-electron chi connectivity index (χ4n) is 8.64. The zero-order valence-electron chi connectivity index (χ0n) is 25.2. The van der Waals surface area contributed by atoms with Crippen molar-refractivity contribution in [2.45, 2.75) is 73.5 Å². The number of nitriles is 1. The molecule has 3 aromatic rings. The van der Waals surface area contributed by atoms with Crippen LogP contribution in [0.25, 0.3) is 6.08 Å². The number of likely N-dealkylation sites (tertiary alicyclic amines) is 1. The molecule has 6 atom stereocenters. The Morgan fingerprint density at radius 1 is 1.17 bits per heavy atom. The maximum atomic E-state index is 13.5. The summed E-state index contributed by atoms with van der Waals surface area (Å²) >= 11 is 0. The Balaban J connectivity index is 1.23. The molecule has 0 aromatic heterocycles. The van der Waals surface area contributed by atoms with Gasteiger partial charge in [-0.25, -0.2) is 0 Å². The number of amides is 1. The van der Waals surface area contributed by atoms with Crippen LogP contribution in [0.2, 0.25) is 0 Å². The molecule has 238 valence electrons. The predicted molar refractivity (Wildman–Crippen MR) is 164 cm³/mol. The van der Waals surface area contributed by atoms with E-state index in [9.17, 15) is 33.4 Å². The molecule has 2 aliphatic carbocycles. The maximum absolute atomic E-state index is 13.5. The molecule has 4 aliphatic rings. The van der Waals surface area contributed by atoms with Crippen LogP contribution in [0.1, 0.15) is 47.1 Å². The minimum Gasteiger partial charge on any atom is -0.504 e. The normalized spacial score (nSPS) is 29.6. The molecule has 7 nitrogen and oxygen atoms in total. The van der Waals surface area contributed by atoms with E-state index in [2.05, 4.69) is 11.0 Å². The topological polar surface area (TPSA) is 97.0 Å². The number of carbonyl (C=O) groups is 1. The average Bonchev–Trinajstić information content (AvgIpc) is 3.40. The Labute approximate surface area is 265 Å². The van der Waals surface area contributed by atoms with E-state index < -0.39 is 46.9 Å². The van der Waals surface area contributed by atoms with Crippen LogP contribution in [0, 0.1) is 11.3 Å². The van der Waals surface area contributed by atoms with E-state index in [4.69, 9.17) is 4.74 Å². The Bertz CT molecular complexity index is 1760. The van der Waals surface area contributed by atoms with Crippen molar-refractivity contribution in [3.8, 4) is 17.6 Å². The highest BCUT2D eigenvalue weighted by molar-refractivity contribution is 5.92. The number of benzene rings is 3. The smallest absolute Gasteiger partial charge is 0.416 e. The lowest BCUT2D eigenvalue weighted by molar-refractivity contribution is -0.206. The number of hydrogen-bond acceptors (Lipinski definition) is 6. The number of rotatable bonds is 6. The van der Waals surface area contributed by atoms with Gasteiger partial charge in [0.15, 0.2) is 11.5 Å². The van der Waals surface area contributed by atoms with Gasteiger partial charge in [-0.05, 0) is 73.1 Å². The third kappa shape index (κ3) is 4.51. The van der Waals surface area contributed by atoms with Crippen molar-refractivity contribution in [3.05, 3.63) is 101 Å². The Hall–Kier alpha value is -4.33. The summed E-state index contributed by atoms with van der Waals surface area (Å²) in [6.07, 6.45) is -0.457. The Morgan fingerprint density at radius 2 is 1.96 bits per heavy atom. The van der Waals surface area contributed by atoms with Crippen molar-refractivity contribution in [2.75, 3.05) is 13.6 Å². The zero-order valence-corrected chi connectivity index (χ0v) is 25.2. The van der Waals surface area contributed by atoms with Crippen molar-refractivity contribution >= 4 is 12.0 Å². The number of nitrogens with zero attached hydrogens (tertiary/aromatic N) is 3. The summed E-state index contributed by atoms with van der Waals surface area (Å²) < 4.78 is 46.2. The van der Waals surface area contributed by atoms with Gasteiger partial charge in [0.25, 0.3) is 0 Å². The van der Waals surface area contributed by atoms with E-state index in [0.717, 1.165) is 28.8 Å². The highest BCUT2D eigenvalue weighted by Gasteiger charge is 2.74. The van der Waals surface area contributed by atoms with Gasteiger partial charge < -0.3 is 19.8 Å². The zero-order chi connectivity index (χ0) is 32.4. The molecular formula is C36H34F3N3O4. The van der Waals surface area contributed by atoms with Gasteiger partial charge in [0.05, 0.1) is 34.7 Å². The molecule has 1 unspecified atom stereocenters. The van der Waals surface area contributed by atoms with Gasteiger partial charge in [-0.2, -0.15) is 18.4 Å². The summed E-state index contributed by atoms with van der Waals surface area (Å²) in [7, 11) is 1.62. The lowest BCUT2D eigenvalue weighted by atomic mass is 9.47. The third-order valence-electron chi connectivity index (χ3n) is 10.8. The molecule has 1 spiro atoms. The summed E-state index contributed by atoms with van der Waals surface area (Å²) in [5.41, 5.74) is -0.0916. The summed E-state index contributed by atoms with van der Waals surface area (Å²) in [6, 6.07) is 19.3. The molecule has 2 fully saturated rings. The standard InChI is InChI=1S/C36H34F3N3O4/c1-41(30(44)13-10-23-8-5-9-25(18-23)36(37,38)39)27-14-16-35(45)29-19-24-11-12-28(43)32-31(24)34(35,33(27)46-32)20-26(21-40)42(29)17-15-22-6-3-2-4-7-22/h2-13,18,26-27,29,33,43,45H,14-17,19-20H2,1H3/t26?,27-,29-,33+,34+,35-/m1/s1. The van der Waals surface area contributed by atoms with Crippen LogP contribution in [-0.2, 0) is 29.2 Å². The molecule has 10 heteroatoms. The second-order valence-corrected chi connectivity index (χ2v) is 12.9. The minimum absolute atomic E-state index is 0.0551. The first-order chi connectivity index (χ1) is 22.0. The number of carbonyl (C=O) groups excluding carboxylic acids is 1. The fraction of sp³-hybridized carbons (Fsp3) is 0.389. The maximum Gasteiger partial charge on any atom is 0.416 e. The van der Waals surface area contributed by atoms with E-state index in [1.807, 2.05) is 36.4 Å². The summed E-state index contributed by atoms with van der Waals surface area (Å²) in [5.74, 6) is -0.195. The first kappa shape index (κ1) is 30.3.